The number of anilines is 1. The third-order valence-electron chi connectivity index (χ3n) is 6.12. The van der Waals surface area contributed by atoms with E-state index >= 15 is 0 Å². The van der Waals surface area contributed by atoms with Gasteiger partial charge in [0.2, 0.25) is 0 Å². The molecular formula is C31H25ClN2O5S. The first kappa shape index (κ1) is 27.3. The summed E-state index contributed by atoms with van der Waals surface area (Å²) in [5, 5.41) is 4.65. The van der Waals surface area contributed by atoms with Gasteiger partial charge < -0.3 is 14.8 Å². The van der Waals surface area contributed by atoms with Crippen molar-refractivity contribution in [2.75, 3.05) is 18.5 Å². The Hall–Kier alpha value is -4.27. The Labute approximate surface area is 240 Å². The highest BCUT2D eigenvalue weighted by atomic mass is 35.5. The van der Waals surface area contributed by atoms with Crippen molar-refractivity contribution in [3.8, 4) is 11.5 Å². The van der Waals surface area contributed by atoms with E-state index in [1.54, 1.807) is 30.3 Å². The second-order valence-electron chi connectivity index (χ2n) is 8.87. The molecule has 7 nitrogen and oxygen atoms in total. The fourth-order valence-electron chi connectivity index (χ4n) is 4.32. The van der Waals surface area contributed by atoms with Crippen molar-refractivity contribution in [2.45, 2.75) is 13.5 Å². The predicted molar refractivity (Wildman–Crippen MR) is 159 cm³/mol. The lowest BCUT2D eigenvalue weighted by Gasteiger charge is -2.15. The number of halogens is 1. The first-order chi connectivity index (χ1) is 19.4. The Balaban J connectivity index is 1.33. The van der Waals surface area contributed by atoms with Crippen LogP contribution in [0, 0.1) is 0 Å². The summed E-state index contributed by atoms with van der Waals surface area (Å²) in [6, 6.07) is 26.0. The van der Waals surface area contributed by atoms with Crippen LogP contribution in [0.2, 0.25) is 5.02 Å². The minimum atomic E-state index is -0.380. The van der Waals surface area contributed by atoms with Crippen LogP contribution in [-0.2, 0) is 16.1 Å². The van der Waals surface area contributed by atoms with E-state index in [2.05, 4.69) is 5.32 Å². The number of hydrogen-bond acceptors (Lipinski definition) is 6. The summed E-state index contributed by atoms with van der Waals surface area (Å²) < 4.78 is 11.4. The van der Waals surface area contributed by atoms with Gasteiger partial charge in [-0.05, 0) is 70.9 Å². The highest BCUT2D eigenvalue weighted by Crippen LogP contribution is 2.39. The molecule has 1 saturated heterocycles. The van der Waals surface area contributed by atoms with Gasteiger partial charge in [0.15, 0.2) is 18.1 Å². The summed E-state index contributed by atoms with van der Waals surface area (Å²) in [7, 11) is 0. The molecule has 1 fully saturated rings. The standard InChI is InChI=1S/C31H25ClN2O5S/c1-2-38-26-16-20(15-25(32)29(26)39-19-28(35)33-23-12-4-3-5-13-23)17-27-30(36)34(31(37)40-27)18-22-11-8-10-21-9-6-7-14-24(21)22/h3-17H,2,18-19H2,1H3,(H,33,35)/b27-17+. The average Bonchev–Trinajstić information content (AvgIpc) is 3.20. The highest BCUT2D eigenvalue weighted by Gasteiger charge is 2.35. The summed E-state index contributed by atoms with van der Waals surface area (Å²) in [5.41, 5.74) is 2.10. The van der Waals surface area contributed by atoms with Crippen LogP contribution in [0.1, 0.15) is 18.1 Å². The van der Waals surface area contributed by atoms with Crippen molar-refractivity contribution in [3.05, 3.63) is 106 Å². The number of para-hydroxylation sites is 1. The largest absolute Gasteiger partial charge is 0.490 e. The SMILES string of the molecule is CCOc1cc(/C=C2/SC(=O)N(Cc3cccc4ccccc34)C2=O)cc(Cl)c1OCC(=O)Nc1ccccc1. The van der Waals surface area contributed by atoms with Gasteiger partial charge >= 0.3 is 0 Å². The van der Waals surface area contributed by atoms with Crippen LogP contribution in [0.4, 0.5) is 10.5 Å². The summed E-state index contributed by atoms with van der Waals surface area (Å²) in [4.78, 5) is 39.9. The van der Waals surface area contributed by atoms with Gasteiger partial charge in [-0.3, -0.25) is 19.3 Å². The second-order valence-corrected chi connectivity index (χ2v) is 10.3. The maximum absolute atomic E-state index is 13.2. The zero-order chi connectivity index (χ0) is 28.1. The molecule has 202 valence electrons. The molecule has 40 heavy (non-hydrogen) atoms. The first-order valence-corrected chi connectivity index (χ1v) is 13.8. The van der Waals surface area contributed by atoms with E-state index in [-0.39, 0.29) is 45.9 Å². The fourth-order valence-corrected chi connectivity index (χ4v) is 5.43. The van der Waals surface area contributed by atoms with Crippen LogP contribution in [0.15, 0.2) is 89.8 Å². The lowest BCUT2D eigenvalue weighted by atomic mass is 10.0. The van der Waals surface area contributed by atoms with Gasteiger partial charge in [0.25, 0.3) is 17.1 Å². The number of benzene rings is 4. The Morgan fingerprint density at radius 2 is 1.73 bits per heavy atom. The molecule has 5 rings (SSSR count). The zero-order valence-corrected chi connectivity index (χ0v) is 23.1. The topological polar surface area (TPSA) is 84.9 Å². The van der Waals surface area contributed by atoms with Gasteiger partial charge in [0.1, 0.15) is 0 Å². The maximum Gasteiger partial charge on any atom is 0.293 e. The normalized spacial score (nSPS) is 14.2. The van der Waals surface area contributed by atoms with Crippen LogP contribution in [0.3, 0.4) is 0 Å². The molecule has 0 atom stereocenters. The highest BCUT2D eigenvalue weighted by molar-refractivity contribution is 8.18. The monoisotopic (exact) mass is 572 g/mol. The van der Waals surface area contributed by atoms with Gasteiger partial charge in [-0.15, -0.1) is 0 Å². The molecule has 3 amide bonds. The summed E-state index contributed by atoms with van der Waals surface area (Å²) in [6.45, 7) is 2.03. The Bertz CT molecular complexity index is 1620. The van der Waals surface area contributed by atoms with E-state index in [1.807, 2.05) is 67.6 Å². The average molecular weight is 573 g/mol. The van der Waals surface area contributed by atoms with E-state index in [4.69, 9.17) is 21.1 Å². The lowest BCUT2D eigenvalue weighted by molar-refractivity contribution is -0.123. The lowest BCUT2D eigenvalue weighted by Crippen LogP contribution is -2.27. The van der Waals surface area contributed by atoms with Gasteiger partial charge in [0.05, 0.1) is 23.1 Å². The Morgan fingerprint density at radius 1 is 0.975 bits per heavy atom. The molecule has 9 heteroatoms. The number of hydrogen-bond donors (Lipinski definition) is 1. The smallest absolute Gasteiger partial charge is 0.293 e. The van der Waals surface area contributed by atoms with Crippen molar-refractivity contribution in [3.63, 3.8) is 0 Å². The van der Waals surface area contributed by atoms with Crippen molar-refractivity contribution in [2.24, 2.45) is 0 Å². The van der Waals surface area contributed by atoms with Crippen LogP contribution in [0.25, 0.3) is 16.8 Å². The molecule has 1 N–H and O–H groups in total. The van der Waals surface area contributed by atoms with Crippen molar-refractivity contribution < 1.29 is 23.9 Å². The van der Waals surface area contributed by atoms with E-state index in [0.717, 1.165) is 28.1 Å². The van der Waals surface area contributed by atoms with E-state index in [0.29, 0.717) is 23.6 Å². The number of fused-ring (bicyclic) bond motifs is 1. The van der Waals surface area contributed by atoms with Gasteiger partial charge in [-0.1, -0.05) is 72.3 Å². The Kier molecular flexibility index (Phi) is 8.38. The molecule has 1 heterocycles. The Morgan fingerprint density at radius 3 is 2.52 bits per heavy atom. The quantitative estimate of drug-likeness (QED) is 0.214. The summed E-state index contributed by atoms with van der Waals surface area (Å²) >= 11 is 7.40. The maximum atomic E-state index is 13.2. The number of rotatable bonds is 9. The van der Waals surface area contributed by atoms with Gasteiger partial charge in [-0.25, -0.2) is 0 Å². The van der Waals surface area contributed by atoms with Crippen LogP contribution in [-0.4, -0.2) is 35.2 Å². The van der Waals surface area contributed by atoms with Crippen LogP contribution >= 0.6 is 23.4 Å². The predicted octanol–water partition coefficient (Wildman–Crippen LogP) is 7.15. The molecular weight excluding hydrogens is 548 g/mol. The molecule has 0 bridgehead atoms. The molecule has 0 unspecified atom stereocenters. The number of imide groups is 1. The fraction of sp³-hybridized carbons (Fsp3) is 0.129. The van der Waals surface area contributed by atoms with E-state index in [9.17, 15) is 14.4 Å². The molecule has 4 aromatic carbocycles. The minimum absolute atomic E-state index is 0.173. The third kappa shape index (κ3) is 6.14. The molecule has 1 aliphatic heterocycles. The molecule has 0 aromatic heterocycles. The molecule has 0 aliphatic carbocycles. The van der Waals surface area contributed by atoms with Gasteiger partial charge in [-0.2, -0.15) is 0 Å². The number of carbonyl (C=O) groups is 3. The minimum Gasteiger partial charge on any atom is -0.490 e. The zero-order valence-electron chi connectivity index (χ0n) is 21.6. The number of nitrogens with zero attached hydrogens (tertiary/aromatic N) is 1. The summed E-state index contributed by atoms with van der Waals surface area (Å²) in [6.07, 6.45) is 1.61. The third-order valence-corrected chi connectivity index (χ3v) is 7.30. The van der Waals surface area contributed by atoms with E-state index < -0.39 is 0 Å². The van der Waals surface area contributed by atoms with Crippen molar-refractivity contribution in [1.29, 1.82) is 0 Å². The molecule has 1 aliphatic rings. The number of amides is 3. The first-order valence-electron chi connectivity index (χ1n) is 12.6. The van der Waals surface area contributed by atoms with Crippen molar-refractivity contribution in [1.82, 2.24) is 4.90 Å². The number of thioether (sulfide) groups is 1. The van der Waals surface area contributed by atoms with Gasteiger partial charge in [0, 0.05) is 5.69 Å². The molecule has 0 radical (unpaired) electrons. The van der Waals surface area contributed by atoms with Crippen LogP contribution in [0.5, 0.6) is 11.5 Å². The number of carbonyl (C=O) groups excluding carboxylic acids is 3. The number of nitrogens with one attached hydrogen (secondary N) is 1. The molecule has 0 saturated carbocycles. The van der Waals surface area contributed by atoms with Crippen LogP contribution < -0.4 is 14.8 Å². The second kappa shape index (κ2) is 12.3. The van der Waals surface area contributed by atoms with Crippen molar-refractivity contribution >= 4 is 63.0 Å². The van der Waals surface area contributed by atoms with E-state index in [1.165, 1.54) is 4.90 Å². The summed E-state index contributed by atoms with van der Waals surface area (Å²) in [5.74, 6) is -0.194. The molecule has 4 aromatic rings. The molecule has 0 spiro atoms. The number of ether oxygens (including phenoxy) is 2.